The van der Waals surface area contributed by atoms with Gasteiger partial charge in [-0.25, -0.2) is 4.79 Å². The maximum absolute atomic E-state index is 11.8. The van der Waals surface area contributed by atoms with Crippen LogP contribution in [0, 0.1) is 17.3 Å². The van der Waals surface area contributed by atoms with Crippen LogP contribution < -0.4 is 0 Å². The second-order valence-electron chi connectivity index (χ2n) is 7.89. The first-order valence-electron chi connectivity index (χ1n) is 9.45. The molecule has 0 aliphatic rings. The van der Waals surface area contributed by atoms with E-state index in [1.165, 1.54) is 25.3 Å². The van der Waals surface area contributed by atoms with Gasteiger partial charge in [-0.15, -0.1) is 0 Å². The highest BCUT2D eigenvalue weighted by Gasteiger charge is 2.29. The van der Waals surface area contributed by atoms with Crippen molar-refractivity contribution < 1.29 is 24.9 Å². The molecule has 1 unspecified atom stereocenters. The minimum atomic E-state index is -1.18. The standard InChI is InChI=1S/C20H38O5/c1-16(2)7-5-8-17(3)9-6-10-18(4)11-19(24)25-15-20(12-21,13-22)14-23/h11,16-17,21-23H,5-10,12-15H2,1-4H3/b18-11+. The van der Waals surface area contributed by atoms with Gasteiger partial charge in [0.1, 0.15) is 6.61 Å². The van der Waals surface area contributed by atoms with E-state index in [0.29, 0.717) is 5.92 Å². The summed E-state index contributed by atoms with van der Waals surface area (Å²) < 4.78 is 5.06. The molecular formula is C20H38O5. The van der Waals surface area contributed by atoms with Gasteiger partial charge in [0.25, 0.3) is 0 Å². The van der Waals surface area contributed by atoms with Crippen molar-refractivity contribution in [3.8, 4) is 0 Å². The van der Waals surface area contributed by atoms with Gasteiger partial charge in [0.05, 0.1) is 25.2 Å². The average molecular weight is 359 g/mol. The van der Waals surface area contributed by atoms with Crippen LogP contribution in [-0.4, -0.2) is 47.7 Å². The van der Waals surface area contributed by atoms with E-state index in [-0.39, 0.29) is 6.61 Å². The van der Waals surface area contributed by atoms with Gasteiger partial charge in [-0.1, -0.05) is 52.0 Å². The zero-order valence-corrected chi connectivity index (χ0v) is 16.5. The fourth-order valence-corrected chi connectivity index (χ4v) is 2.57. The Balaban J connectivity index is 4.08. The van der Waals surface area contributed by atoms with Gasteiger partial charge < -0.3 is 20.1 Å². The summed E-state index contributed by atoms with van der Waals surface area (Å²) in [5.41, 5.74) is -0.218. The van der Waals surface area contributed by atoms with E-state index in [2.05, 4.69) is 20.8 Å². The molecule has 5 heteroatoms. The molecule has 0 aliphatic carbocycles. The van der Waals surface area contributed by atoms with E-state index >= 15 is 0 Å². The lowest BCUT2D eigenvalue weighted by atomic mass is 9.93. The van der Waals surface area contributed by atoms with Crippen LogP contribution in [0.3, 0.4) is 0 Å². The fraction of sp³-hybridized carbons (Fsp3) is 0.850. The number of rotatable bonds is 14. The van der Waals surface area contributed by atoms with Crippen LogP contribution in [0.25, 0.3) is 0 Å². The Kier molecular flexibility index (Phi) is 12.8. The van der Waals surface area contributed by atoms with Crippen molar-refractivity contribution in [3.63, 3.8) is 0 Å². The molecule has 148 valence electrons. The molecule has 0 aliphatic heterocycles. The number of carbonyl (C=O) groups excluding carboxylic acids is 1. The summed E-state index contributed by atoms with van der Waals surface area (Å²) in [6, 6.07) is 0. The number of carbonyl (C=O) groups is 1. The second-order valence-corrected chi connectivity index (χ2v) is 7.89. The normalized spacial score (nSPS) is 14.0. The zero-order valence-electron chi connectivity index (χ0n) is 16.5. The molecule has 25 heavy (non-hydrogen) atoms. The van der Waals surface area contributed by atoms with Gasteiger partial charge in [-0.3, -0.25) is 0 Å². The van der Waals surface area contributed by atoms with Crippen molar-refractivity contribution in [2.75, 3.05) is 26.4 Å². The van der Waals surface area contributed by atoms with E-state index in [0.717, 1.165) is 30.8 Å². The summed E-state index contributed by atoms with van der Waals surface area (Å²) in [7, 11) is 0. The summed E-state index contributed by atoms with van der Waals surface area (Å²) in [5.74, 6) is 0.976. The number of hydrogen-bond donors (Lipinski definition) is 3. The maximum atomic E-state index is 11.8. The molecule has 5 nitrogen and oxygen atoms in total. The molecule has 0 radical (unpaired) electrons. The Bertz CT molecular complexity index is 377. The van der Waals surface area contributed by atoms with Crippen molar-refractivity contribution in [3.05, 3.63) is 11.6 Å². The van der Waals surface area contributed by atoms with Crippen LogP contribution in [0.15, 0.2) is 11.6 Å². The first-order chi connectivity index (χ1) is 11.8. The molecule has 0 amide bonds. The SMILES string of the molecule is C/C(=C\C(=O)OCC(CO)(CO)CO)CCCC(C)CCCC(C)C. The van der Waals surface area contributed by atoms with Crippen molar-refractivity contribution in [1.82, 2.24) is 0 Å². The monoisotopic (exact) mass is 358 g/mol. The van der Waals surface area contributed by atoms with E-state index in [1.54, 1.807) is 0 Å². The third-order valence-corrected chi connectivity index (χ3v) is 4.64. The van der Waals surface area contributed by atoms with Crippen LogP contribution >= 0.6 is 0 Å². The number of ether oxygens (including phenoxy) is 1. The summed E-state index contributed by atoms with van der Waals surface area (Å²) in [6.45, 7) is 7.17. The Morgan fingerprint density at radius 3 is 2.08 bits per heavy atom. The Labute approximate surface area is 153 Å². The van der Waals surface area contributed by atoms with E-state index in [4.69, 9.17) is 4.74 Å². The molecule has 0 aromatic carbocycles. The summed E-state index contributed by atoms with van der Waals surface area (Å²) in [6.07, 6.45) is 8.34. The lowest BCUT2D eigenvalue weighted by Gasteiger charge is -2.26. The topological polar surface area (TPSA) is 87.0 Å². The van der Waals surface area contributed by atoms with E-state index in [1.807, 2.05) is 6.92 Å². The minimum absolute atomic E-state index is 0.202. The van der Waals surface area contributed by atoms with Crippen molar-refractivity contribution >= 4 is 5.97 Å². The summed E-state index contributed by atoms with van der Waals surface area (Å²) in [5, 5.41) is 27.6. The Hall–Kier alpha value is -0.910. The quantitative estimate of drug-likeness (QED) is 0.328. The van der Waals surface area contributed by atoms with Crippen LogP contribution in [-0.2, 0) is 9.53 Å². The van der Waals surface area contributed by atoms with Crippen molar-refractivity contribution in [1.29, 1.82) is 0 Å². The van der Waals surface area contributed by atoms with E-state index < -0.39 is 31.2 Å². The highest BCUT2D eigenvalue weighted by atomic mass is 16.5. The second kappa shape index (κ2) is 13.3. The number of aliphatic hydroxyl groups excluding tert-OH is 3. The molecule has 0 fully saturated rings. The van der Waals surface area contributed by atoms with Gasteiger partial charge in [0.2, 0.25) is 0 Å². The Morgan fingerprint density at radius 2 is 1.56 bits per heavy atom. The molecule has 0 rings (SSSR count). The van der Waals surface area contributed by atoms with Crippen molar-refractivity contribution in [2.45, 2.75) is 66.2 Å². The van der Waals surface area contributed by atoms with Gasteiger partial charge in [0.15, 0.2) is 0 Å². The third-order valence-electron chi connectivity index (χ3n) is 4.64. The molecule has 0 saturated carbocycles. The van der Waals surface area contributed by atoms with Crippen LogP contribution in [0.5, 0.6) is 0 Å². The van der Waals surface area contributed by atoms with E-state index in [9.17, 15) is 20.1 Å². The predicted octanol–water partition coefficient (Wildman–Crippen LogP) is 3.07. The largest absolute Gasteiger partial charge is 0.462 e. The summed E-state index contributed by atoms with van der Waals surface area (Å²) >= 11 is 0. The first-order valence-corrected chi connectivity index (χ1v) is 9.45. The zero-order chi connectivity index (χ0) is 19.3. The van der Waals surface area contributed by atoms with Gasteiger partial charge in [0, 0.05) is 6.08 Å². The van der Waals surface area contributed by atoms with Gasteiger partial charge in [-0.2, -0.15) is 0 Å². The van der Waals surface area contributed by atoms with Crippen LogP contribution in [0.1, 0.15) is 66.2 Å². The van der Waals surface area contributed by atoms with Crippen LogP contribution in [0.4, 0.5) is 0 Å². The fourth-order valence-electron chi connectivity index (χ4n) is 2.57. The molecule has 0 spiro atoms. The molecule has 0 aromatic rings. The molecular weight excluding hydrogens is 320 g/mol. The molecule has 0 saturated heterocycles. The van der Waals surface area contributed by atoms with Crippen LogP contribution in [0.2, 0.25) is 0 Å². The predicted molar refractivity (Wildman–Crippen MR) is 100 cm³/mol. The first kappa shape index (κ1) is 24.1. The molecule has 0 aromatic heterocycles. The smallest absolute Gasteiger partial charge is 0.330 e. The molecule has 0 heterocycles. The average Bonchev–Trinajstić information content (AvgIpc) is 2.56. The maximum Gasteiger partial charge on any atom is 0.330 e. The van der Waals surface area contributed by atoms with Gasteiger partial charge in [-0.05, 0) is 31.6 Å². The number of hydrogen-bond acceptors (Lipinski definition) is 5. The minimum Gasteiger partial charge on any atom is -0.462 e. The molecule has 3 N–H and O–H groups in total. The molecule has 1 atom stereocenters. The Morgan fingerprint density at radius 1 is 1.00 bits per heavy atom. The summed E-state index contributed by atoms with van der Waals surface area (Å²) in [4.78, 5) is 11.8. The van der Waals surface area contributed by atoms with Crippen molar-refractivity contribution in [2.24, 2.45) is 17.3 Å². The lowest BCUT2D eigenvalue weighted by molar-refractivity contribution is -0.145. The highest BCUT2D eigenvalue weighted by Crippen LogP contribution is 2.19. The number of esters is 1. The number of allylic oxidation sites excluding steroid dienone is 1. The lowest BCUT2D eigenvalue weighted by Crippen LogP contribution is -2.39. The number of aliphatic hydroxyl groups is 3. The third kappa shape index (κ3) is 11.3. The van der Waals surface area contributed by atoms with Gasteiger partial charge >= 0.3 is 5.97 Å². The highest BCUT2D eigenvalue weighted by molar-refractivity contribution is 5.82. The molecule has 0 bridgehead atoms.